The van der Waals surface area contributed by atoms with Crippen molar-refractivity contribution in [3.8, 4) is 6.07 Å². The van der Waals surface area contributed by atoms with Gasteiger partial charge in [0.05, 0.1) is 12.1 Å². The number of nitriles is 1. The highest BCUT2D eigenvalue weighted by Crippen LogP contribution is 2.37. The molecule has 2 aliphatic heterocycles. The molecular formula is C12H20N2. The molecule has 0 aromatic carbocycles. The minimum atomic E-state index is 0.232. The van der Waals surface area contributed by atoms with Crippen LogP contribution in [0, 0.1) is 17.2 Å². The van der Waals surface area contributed by atoms with Crippen LogP contribution >= 0.6 is 0 Å². The third-order valence-electron chi connectivity index (χ3n) is 3.91. The number of hydrogen-bond acceptors (Lipinski definition) is 2. The third kappa shape index (κ3) is 1.66. The Kier molecular flexibility index (Phi) is 3.08. The minimum absolute atomic E-state index is 0.232. The van der Waals surface area contributed by atoms with Gasteiger partial charge in [-0.15, -0.1) is 0 Å². The lowest BCUT2D eigenvalue weighted by molar-refractivity contribution is 0.0957. The van der Waals surface area contributed by atoms with Crippen LogP contribution in [0.2, 0.25) is 0 Å². The highest BCUT2D eigenvalue weighted by molar-refractivity contribution is 5.02. The maximum absolute atomic E-state index is 9.06. The lowest BCUT2D eigenvalue weighted by Gasteiger charge is -2.39. The van der Waals surface area contributed by atoms with Crippen LogP contribution in [-0.2, 0) is 0 Å². The molecular weight excluding hydrogens is 172 g/mol. The normalized spacial score (nSPS) is 37.9. The summed E-state index contributed by atoms with van der Waals surface area (Å²) in [6.07, 6.45) is 7.70. The Morgan fingerprint density at radius 2 is 2.21 bits per heavy atom. The third-order valence-corrected chi connectivity index (χ3v) is 3.91. The van der Waals surface area contributed by atoms with Gasteiger partial charge in [-0.3, -0.25) is 4.90 Å². The average molecular weight is 192 g/mol. The summed E-state index contributed by atoms with van der Waals surface area (Å²) in [7, 11) is 0. The molecule has 0 aromatic heterocycles. The monoisotopic (exact) mass is 192 g/mol. The number of hydrogen-bond donors (Lipinski definition) is 0. The van der Waals surface area contributed by atoms with Gasteiger partial charge in [-0.2, -0.15) is 5.26 Å². The van der Waals surface area contributed by atoms with Crippen molar-refractivity contribution in [2.45, 2.75) is 57.5 Å². The highest BCUT2D eigenvalue weighted by Gasteiger charge is 2.39. The summed E-state index contributed by atoms with van der Waals surface area (Å²) in [6.45, 7) is 3.44. The molecule has 0 bridgehead atoms. The van der Waals surface area contributed by atoms with Crippen molar-refractivity contribution in [3.05, 3.63) is 0 Å². The van der Waals surface area contributed by atoms with E-state index in [9.17, 15) is 0 Å². The molecule has 2 rings (SSSR count). The lowest BCUT2D eigenvalue weighted by atomic mass is 9.83. The van der Waals surface area contributed by atoms with Crippen molar-refractivity contribution in [1.29, 1.82) is 5.26 Å². The quantitative estimate of drug-likeness (QED) is 0.672. The van der Waals surface area contributed by atoms with Crippen LogP contribution in [-0.4, -0.2) is 23.5 Å². The second kappa shape index (κ2) is 4.31. The van der Waals surface area contributed by atoms with Crippen molar-refractivity contribution in [2.75, 3.05) is 6.54 Å². The fraction of sp³-hybridized carbons (Fsp3) is 0.917. The SMILES string of the molecule is CCC[C@@H]1CC[C@H](C#N)N2CCC[C@@H]12. The van der Waals surface area contributed by atoms with Crippen molar-refractivity contribution >= 4 is 0 Å². The van der Waals surface area contributed by atoms with Crippen molar-refractivity contribution in [2.24, 2.45) is 5.92 Å². The molecule has 0 spiro atoms. The molecule has 2 nitrogen and oxygen atoms in total. The van der Waals surface area contributed by atoms with Gasteiger partial charge in [0.1, 0.15) is 0 Å². The molecule has 2 heteroatoms. The number of piperidine rings is 1. The van der Waals surface area contributed by atoms with E-state index in [1.54, 1.807) is 0 Å². The fourth-order valence-corrected chi connectivity index (χ4v) is 3.28. The van der Waals surface area contributed by atoms with Crippen LogP contribution in [0.1, 0.15) is 45.4 Å². The van der Waals surface area contributed by atoms with E-state index in [1.165, 1.54) is 38.6 Å². The average Bonchev–Trinajstić information content (AvgIpc) is 2.67. The first-order valence-corrected chi connectivity index (χ1v) is 6.02. The van der Waals surface area contributed by atoms with E-state index in [1.807, 2.05) is 0 Å². The van der Waals surface area contributed by atoms with Gasteiger partial charge in [-0.25, -0.2) is 0 Å². The molecule has 3 atom stereocenters. The molecule has 78 valence electrons. The Morgan fingerprint density at radius 1 is 1.36 bits per heavy atom. The maximum atomic E-state index is 9.06. The van der Waals surface area contributed by atoms with Crippen molar-refractivity contribution in [1.82, 2.24) is 4.90 Å². The molecule has 2 fully saturated rings. The maximum Gasteiger partial charge on any atom is 0.0980 e. The van der Waals surface area contributed by atoms with Gasteiger partial charge in [-0.05, 0) is 44.6 Å². The molecule has 0 aliphatic carbocycles. The van der Waals surface area contributed by atoms with E-state index in [-0.39, 0.29) is 6.04 Å². The summed E-state index contributed by atoms with van der Waals surface area (Å²) in [5.41, 5.74) is 0. The predicted molar refractivity (Wildman–Crippen MR) is 56.8 cm³/mol. The molecule has 0 radical (unpaired) electrons. The Morgan fingerprint density at radius 3 is 2.93 bits per heavy atom. The molecule has 0 amide bonds. The Labute approximate surface area is 86.9 Å². The molecule has 0 unspecified atom stereocenters. The van der Waals surface area contributed by atoms with Crippen molar-refractivity contribution < 1.29 is 0 Å². The summed E-state index contributed by atoms with van der Waals surface area (Å²) in [6, 6.07) is 3.44. The highest BCUT2D eigenvalue weighted by atomic mass is 15.2. The largest absolute Gasteiger partial charge is 0.285 e. The molecule has 0 N–H and O–H groups in total. The predicted octanol–water partition coefficient (Wildman–Crippen LogP) is 2.55. The van der Waals surface area contributed by atoms with Crippen molar-refractivity contribution in [3.63, 3.8) is 0 Å². The first-order valence-electron chi connectivity index (χ1n) is 6.02. The van der Waals surface area contributed by atoms with E-state index in [0.717, 1.165) is 18.4 Å². The van der Waals surface area contributed by atoms with Gasteiger partial charge < -0.3 is 0 Å². The zero-order valence-electron chi connectivity index (χ0n) is 9.08. The van der Waals surface area contributed by atoms with Gasteiger partial charge in [-0.1, -0.05) is 13.3 Å². The van der Waals surface area contributed by atoms with E-state index in [0.29, 0.717) is 0 Å². The first-order chi connectivity index (χ1) is 6.86. The zero-order chi connectivity index (χ0) is 9.97. The van der Waals surface area contributed by atoms with E-state index >= 15 is 0 Å². The smallest absolute Gasteiger partial charge is 0.0980 e. The summed E-state index contributed by atoms with van der Waals surface area (Å²) < 4.78 is 0. The van der Waals surface area contributed by atoms with Crippen LogP contribution < -0.4 is 0 Å². The Hall–Kier alpha value is -0.550. The van der Waals surface area contributed by atoms with Crippen LogP contribution in [0.25, 0.3) is 0 Å². The second-order valence-electron chi connectivity index (χ2n) is 4.72. The molecule has 0 aromatic rings. The summed E-state index contributed by atoms with van der Waals surface area (Å²) in [5.74, 6) is 0.882. The Balaban J connectivity index is 2.04. The van der Waals surface area contributed by atoms with E-state index < -0.39 is 0 Å². The van der Waals surface area contributed by atoms with Gasteiger partial charge in [0.25, 0.3) is 0 Å². The second-order valence-corrected chi connectivity index (χ2v) is 4.72. The zero-order valence-corrected chi connectivity index (χ0v) is 9.08. The van der Waals surface area contributed by atoms with Gasteiger partial charge >= 0.3 is 0 Å². The standard InChI is InChI=1S/C12H20N2/c1-2-4-10-6-7-11(9-13)14-8-3-5-12(10)14/h10-12H,2-8H2,1H3/t10-,11-,12+/m1/s1. The number of fused-ring (bicyclic) bond motifs is 1. The number of rotatable bonds is 2. The lowest BCUT2D eigenvalue weighted by Crippen LogP contribution is -2.46. The first kappa shape index (κ1) is 9.98. The topological polar surface area (TPSA) is 27.0 Å². The molecule has 0 saturated carbocycles. The summed E-state index contributed by atoms with van der Waals surface area (Å²) >= 11 is 0. The molecule has 2 aliphatic rings. The van der Waals surface area contributed by atoms with Crippen LogP contribution in [0.3, 0.4) is 0 Å². The van der Waals surface area contributed by atoms with Gasteiger partial charge in [0, 0.05) is 6.04 Å². The van der Waals surface area contributed by atoms with E-state index in [4.69, 9.17) is 5.26 Å². The summed E-state index contributed by atoms with van der Waals surface area (Å²) in [4.78, 5) is 2.48. The molecule has 14 heavy (non-hydrogen) atoms. The van der Waals surface area contributed by atoms with Crippen LogP contribution in [0.5, 0.6) is 0 Å². The van der Waals surface area contributed by atoms with Crippen LogP contribution in [0.15, 0.2) is 0 Å². The van der Waals surface area contributed by atoms with E-state index in [2.05, 4.69) is 17.9 Å². The number of nitrogens with zero attached hydrogens (tertiary/aromatic N) is 2. The molecule has 2 heterocycles. The van der Waals surface area contributed by atoms with Crippen LogP contribution in [0.4, 0.5) is 0 Å². The minimum Gasteiger partial charge on any atom is -0.285 e. The van der Waals surface area contributed by atoms with Gasteiger partial charge in [0.15, 0.2) is 0 Å². The molecule has 2 saturated heterocycles. The van der Waals surface area contributed by atoms with Gasteiger partial charge in [0.2, 0.25) is 0 Å². The summed E-state index contributed by atoms with van der Waals surface area (Å²) in [5, 5.41) is 9.06. The Bertz CT molecular complexity index is 231. The fourth-order valence-electron chi connectivity index (χ4n) is 3.28.